The van der Waals surface area contributed by atoms with E-state index in [4.69, 9.17) is 0 Å². The van der Waals surface area contributed by atoms with E-state index in [1.807, 2.05) is 7.05 Å². The van der Waals surface area contributed by atoms with E-state index in [2.05, 4.69) is 62.7 Å². The highest BCUT2D eigenvalue weighted by Gasteiger charge is 2.23. The van der Waals surface area contributed by atoms with Crippen LogP contribution < -0.4 is 10.6 Å². The molecule has 1 aromatic rings. The van der Waals surface area contributed by atoms with Crippen molar-refractivity contribution in [3.05, 3.63) is 35.9 Å². The Hall–Kier alpha value is -0.860. The third-order valence-corrected chi connectivity index (χ3v) is 5.87. The summed E-state index contributed by atoms with van der Waals surface area (Å²) in [5.74, 6) is 1.73. The first-order chi connectivity index (χ1) is 13.3. The Morgan fingerprint density at radius 2 is 1.79 bits per heavy atom. The van der Waals surface area contributed by atoms with Crippen molar-refractivity contribution in [3.8, 4) is 0 Å². The predicted octanol–water partition coefficient (Wildman–Crippen LogP) is 3.17. The van der Waals surface area contributed by atoms with E-state index in [-0.39, 0.29) is 24.0 Å². The quantitative estimate of drug-likeness (QED) is 0.344. The van der Waals surface area contributed by atoms with Crippen LogP contribution in [0.25, 0.3) is 0 Å². The highest BCUT2D eigenvalue weighted by atomic mass is 127. The van der Waals surface area contributed by atoms with Crippen LogP contribution >= 0.6 is 24.0 Å². The van der Waals surface area contributed by atoms with Gasteiger partial charge in [-0.15, -0.1) is 24.0 Å². The molecule has 2 aliphatic heterocycles. The number of nitrogens with one attached hydrogen (secondary N) is 2. The van der Waals surface area contributed by atoms with Crippen molar-refractivity contribution in [2.45, 2.75) is 45.2 Å². The Balaban J connectivity index is 0.00000280. The topological polar surface area (TPSA) is 42.9 Å². The van der Waals surface area contributed by atoms with Gasteiger partial charge in [0, 0.05) is 45.8 Å². The molecule has 6 heteroatoms. The average molecular weight is 499 g/mol. The number of aliphatic imine (C=N–C) groups is 1. The van der Waals surface area contributed by atoms with Crippen LogP contribution in [-0.2, 0) is 6.54 Å². The number of likely N-dealkylation sites (tertiary alicyclic amines) is 2. The fraction of sp³-hybridized carbons (Fsp3) is 0.682. The molecule has 1 aromatic carbocycles. The standard InChI is InChI=1S/C22H37N5.HI/c1-3-12-26-13-9-20(18-26)16-24-22(23-2)25-21-10-14-27(15-11-21)17-19-7-5-4-6-8-19;/h4-8,20-21H,3,9-18H2,1-2H3,(H2,23,24,25);1H. The van der Waals surface area contributed by atoms with Gasteiger partial charge in [0.15, 0.2) is 5.96 Å². The number of hydrogen-bond acceptors (Lipinski definition) is 3. The van der Waals surface area contributed by atoms with Gasteiger partial charge in [-0.05, 0) is 50.3 Å². The van der Waals surface area contributed by atoms with E-state index >= 15 is 0 Å². The Labute approximate surface area is 188 Å². The largest absolute Gasteiger partial charge is 0.356 e. The molecule has 0 amide bonds. The summed E-state index contributed by atoms with van der Waals surface area (Å²) < 4.78 is 0. The van der Waals surface area contributed by atoms with E-state index in [0.717, 1.165) is 38.1 Å². The lowest BCUT2D eigenvalue weighted by atomic mass is 10.0. The van der Waals surface area contributed by atoms with Gasteiger partial charge in [-0.25, -0.2) is 0 Å². The monoisotopic (exact) mass is 499 g/mol. The molecular weight excluding hydrogens is 461 g/mol. The maximum Gasteiger partial charge on any atom is 0.191 e. The molecule has 0 aromatic heterocycles. The van der Waals surface area contributed by atoms with Crippen LogP contribution in [0.4, 0.5) is 0 Å². The molecule has 2 fully saturated rings. The third kappa shape index (κ3) is 7.52. The lowest BCUT2D eigenvalue weighted by molar-refractivity contribution is 0.198. The minimum Gasteiger partial charge on any atom is -0.356 e. The van der Waals surface area contributed by atoms with Crippen LogP contribution in [0.15, 0.2) is 35.3 Å². The second-order valence-corrected chi connectivity index (χ2v) is 8.09. The molecule has 5 nitrogen and oxygen atoms in total. The maximum absolute atomic E-state index is 4.45. The summed E-state index contributed by atoms with van der Waals surface area (Å²) in [7, 11) is 1.89. The van der Waals surface area contributed by atoms with E-state index in [9.17, 15) is 0 Å². The molecular formula is C22H38IN5. The summed E-state index contributed by atoms with van der Waals surface area (Å²) in [6.07, 6.45) is 4.93. The van der Waals surface area contributed by atoms with Gasteiger partial charge in [0.05, 0.1) is 0 Å². The molecule has 1 unspecified atom stereocenters. The van der Waals surface area contributed by atoms with Crippen molar-refractivity contribution >= 4 is 29.9 Å². The Bertz CT molecular complexity index is 572. The first-order valence-electron chi connectivity index (χ1n) is 10.7. The van der Waals surface area contributed by atoms with Gasteiger partial charge in [-0.1, -0.05) is 37.3 Å². The second kappa shape index (κ2) is 12.6. The fourth-order valence-corrected chi connectivity index (χ4v) is 4.30. The molecule has 1 atom stereocenters. The molecule has 0 bridgehead atoms. The Morgan fingerprint density at radius 3 is 2.46 bits per heavy atom. The third-order valence-electron chi connectivity index (χ3n) is 5.87. The van der Waals surface area contributed by atoms with E-state index in [0.29, 0.717) is 6.04 Å². The van der Waals surface area contributed by atoms with Gasteiger partial charge in [0.25, 0.3) is 0 Å². The summed E-state index contributed by atoms with van der Waals surface area (Å²) in [4.78, 5) is 9.60. The fourth-order valence-electron chi connectivity index (χ4n) is 4.30. The number of guanidine groups is 1. The summed E-state index contributed by atoms with van der Waals surface area (Å²) in [6, 6.07) is 11.3. The minimum absolute atomic E-state index is 0. The second-order valence-electron chi connectivity index (χ2n) is 8.09. The molecule has 0 aliphatic carbocycles. The Morgan fingerprint density at radius 1 is 1.07 bits per heavy atom. The van der Waals surface area contributed by atoms with Gasteiger partial charge in [0.1, 0.15) is 0 Å². The highest BCUT2D eigenvalue weighted by Crippen LogP contribution is 2.16. The van der Waals surface area contributed by atoms with Crippen molar-refractivity contribution in [2.24, 2.45) is 10.9 Å². The zero-order valence-corrected chi connectivity index (χ0v) is 19.9. The van der Waals surface area contributed by atoms with Crippen molar-refractivity contribution in [3.63, 3.8) is 0 Å². The van der Waals surface area contributed by atoms with E-state index < -0.39 is 0 Å². The number of piperidine rings is 1. The molecule has 158 valence electrons. The smallest absolute Gasteiger partial charge is 0.191 e. The van der Waals surface area contributed by atoms with Crippen LogP contribution in [0.3, 0.4) is 0 Å². The van der Waals surface area contributed by atoms with Gasteiger partial charge in [0.2, 0.25) is 0 Å². The molecule has 0 spiro atoms. The molecule has 3 rings (SSSR count). The van der Waals surface area contributed by atoms with Gasteiger partial charge >= 0.3 is 0 Å². The number of nitrogens with zero attached hydrogens (tertiary/aromatic N) is 3. The van der Waals surface area contributed by atoms with Crippen LogP contribution in [-0.4, -0.2) is 68.1 Å². The highest BCUT2D eigenvalue weighted by molar-refractivity contribution is 14.0. The van der Waals surface area contributed by atoms with Crippen molar-refractivity contribution in [1.82, 2.24) is 20.4 Å². The normalized spacial score (nSPS) is 22.1. The van der Waals surface area contributed by atoms with Crippen molar-refractivity contribution < 1.29 is 0 Å². The van der Waals surface area contributed by atoms with E-state index in [1.165, 1.54) is 50.9 Å². The average Bonchev–Trinajstić information content (AvgIpc) is 3.15. The molecule has 2 aliphatic rings. The lowest BCUT2D eigenvalue weighted by Crippen LogP contribution is -2.49. The first-order valence-corrected chi connectivity index (χ1v) is 10.7. The lowest BCUT2D eigenvalue weighted by Gasteiger charge is -2.33. The number of benzene rings is 1. The van der Waals surface area contributed by atoms with Crippen LogP contribution in [0.2, 0.25) is 0 Å². The maximum atomic E-state index is 4.45. The SMILES string of the molecule is CCCN1CCC(CNC(=NC)NC2CCN(Cc3ccccc3)CC2)C1.I. The van der Waals surface area contributed by atoms with Crippen LogP contribution in [0.5, 0.6) is 0 Å². The van der Waals surface area contributed by atoms with Gasteiger partial charge < -0.3 is 15.5 Å². The molecule has 2 saturated heterocycles. The molecule has 2 heterocycles. The summed E-state index contributed by atoms with van der Waals surface area (Å²) in [6.45, 7) is 10.4. The van der Waals surface area contributed by atoms with E-state index in [1.54, 1.807) is 0 Å². The molecule has 0 saturated carbocycles. The minimum atomic E-state index is 0. The van der Waals surface area contributed by atoms with Gasteiger partial charge in [-0.3, -0.25) is 9.89 Å². The predicted molar refractivity (Wildman–Crippen MR) is 129 cm³/mol. The molecule has 28 heavy (non-hydrogen) atoms. The van der Waals surface area contributed by atoms with Crippen molar-refractivity contribution in [1.29, 1.82) is 0 Å². The summed E-state index contributed by atoms with van der Waals surface area (Å²) in [5, 5.41) is 7.22. The van der Waals surface area contributed by atoms with Gasteiger partial charge in [-0.2, -0.15) is 0 Å². The van der Waals surface area contributed by atoms with Crippen LogP contribution in [0.1, 0.15) is 38.2 Å². The zero-order chi connectivity index (χ0) is 18.9. The van der Waals surface area contributed by atoms with Crippen LogP contribution in [0, 0.1) is 5.92 Å². The Kier molecular flexibility index (Phi) is 10.6. The summed E-state index contributed by atoms with van der Waals surface area (Å²) >= 11 is 0. The van der Waals surface area contributed by atoms with Crippen molar-refractivity contribution in [2.75, 3.05) is 46.3 Å². The molecule has 0 radical (unpaired) electrons. The first kappa shape index (κ1) is 23.4. The number of hydrogen-bond donors (Lipinski definition) is 2. The number of rotatable bonds is 7. The molecule has 2 N–H and O–H groups in total. The number of halogens is 1. The zero-order valence-electron chi connectivity index (χ0n) is 17.6. The summed E-state index contributed by atoms with van der Waals surface area (Å²) in [5.41, 5.74) is 1.41.